The first-order valence-electron chi connectivity index (χ1n) is 9.93. The van der Waals surface area contributed by atoms with Gasteiger partial charge in [-0.25, -0.2) is 4.98 Å². The lowest BCUT2D eigenvalue weighted by atomic mass is 10.1. The maximum atomic E-state index is 9.66. The van der Waals surface area contributed by atoms with Crippen LogP contribution in [-0.2, 0) is 24.3 Å². The van der Waals surface area contributed by atoms with Crippen molar-refractivity contribution in [2.75, 3.05) is 13.2 Å². The van der Waals surface area contributed by atoms with Crippen LogP contribution in [0, 0.1) is 0 Å². The topological polar surface area (TPSA) is 47.3 Å². The van der Waals surface area contributed by atoms with Crippen molar-refractivity contribution in [3.8, 4) is 0 Å². The van der Waals surface area contributed by atoms with Gasteiger partial charge in [0.2, 0.25) is 0 Å². The van der Waals surface area contributed by atoms with Gasteiger partial charge in [-0.15, -0.1) is 0 Å². The Kier molecular flexibility index (Phi) is 8.66. The molecular weight excluding hydrogens is 439 g/mol. The fourth-order valence-corrected chi connectivity index (χ4v) is 5.08. The van der Waals surface area contributed by atoms with Crippen molar-refractivity contribution < 1.29 is 9.84 Å². The van der Waals surface area contributed by atoms with Crippen molar-refractivity contribution in [1.29, 1.82) is 0 Å². The number of aliphatic hydroxyl groups excluding tert-OH is 1. The molecular formula is C23H26Cl2N2O2S. The molecule has 3 aromatic rings. The molecule has 0 radical (unpaired) electrons. The minimum absolute atomic E-state index is 0.0373. The number of ether oxygens (including phenoxy) is 1. The van der Waals surface area contributed by atoms with Gasteiger partial charge in [-0.05, 0) is 29.7 Å². The van der Waals surface area contributed by atoms with Gasteiger partial charge < -0.3 is 14.4 Å². The first-order valence-corrected chi connectivity index (χ1v) is 11.5. The number of benzene rings is 2. The molecule has 1 aromatic heterocycles. The molecule has 0 fully saturated rings. The van der Waals surface area contributed by atoms with Gasteiger partial charge in [0.1, 0.15) is 10.9 Å². The molecule has 0 aliphatic carbocycles. The Morgan fingerprint density at radius 1 is 1.10 bits per heavy atom. The Morgan fingerprint density at radius 3 is 2.43 bits per heavy atom. The Labute approximate surface area is 192 Å². The quantitative estimate of drug-likeness (QED) is 0.362. The zero-order valence-electron chi connectivity index (χ0n) is 17.1. The Morgan fingerprint density at radius 2 is 1.80 bits per heavy atom. The summed E-state index contributed by atoms with van der Waals surface area (Å²) in [7, 11) is 0. The highest BCUT2D eigenvalue weighted by Crippen LogP contribution is 2.37. The van der Waals surface area contributed by atoms with Gasteiger partial charge in [0, 0.05) is 27.9 Å². The molecule has 1 N–H and O–H groups in total. The molecule has 3 rings (SSSR count). The summed E-state index contributed by atoms with van der Waals surface area (Å²) in [5.74, 6) is 1.16. The SMILES string of the molecule is CC(C)c1nc(CCOCc2ccccc2)n(CCO)c1Sc1cc(Cl)cc(Cl)c1. The van der Waals surface area contributed by atoms with Gasteiger partial charge in [0.25, 0.3) is 0 Å². The molecule has 30 heavy (non-hydrogen) atoms. The summed E-state index contributed by atoms with van der Waals surface area (Å²) >= 11 is 13.9. The predicted molar refractivity (Wildman–Crippen MR) is 124 cm³/mol. The number of aromatic nitrogens is 2. The van der Waals surface area contributed by atoms with Gasteiger partial charge in [-0.2, -0.15) is 0 Å². The summed E-state index contributed by atoms with van der Waals surface area (Å²) in [6.45, 7) is 5.88. The van der Waals surface area contributed by atoms with Crippen molar-refractivity contribution in [3.05, 3.63) is 75.7 Å². The molecule has 4 nitrogen and oxygen atoms in total. The van der Waals surface area contributed by atoms with Crippen LogP contribution in [0.25, 0.3) is 0 Å². The molecule has 0 unspecified atom stereocenters. The van der Waals surface area contributed by atoms with Crippen molar-refractivity contribution in [2.24, 2.45) is 0 Å². The lowest BCUT2D eigenvalue weighted by Gasteiger charge is -2.13. The van der Waals surface area contributed by atoms with Crippen molar-refractivity contribution in [2.45, 2.75) is 49.3 Å². The van der Waals surface area contributed by atoms with Crippen LogP contribution >= 0.6 is 35.0 Å². The number of halogens is 2. The molecule has 2 aromatic carbocycles. The highest BCUT2D eigenvalue weighted by atomic mass is 35.5. The van der Waals surface area contributed by atoms with Crippen LogP contribution in [0.1, 0.15) is 36.8 Å². The smallest absolute Gasteiger partial charge is 0.112 e. The number of aliphatic hydroxyl groups is 1. The van der Waals surface area contributed by atoms with E-state index in [9.17, 15) is 5.11 Å². The molecule has 0 aliphatic heterocycles. The van der Waals surface area contributed by atoms with Crippen LogP contribution in [0.5, 0.6) is 0 Å². The van der Waals surface area contributed by atoms with Crippen LogP contribution in [0.15, 0.2) is 58.5 Å². The number of hydrogen-bond acceptors (Lipinski definition) is 4. The fourth-order valence-electron chi connectivity index (χ4n) is 3.13. The number of hydrogen-bond donors (Lipinski definition) is 1. The van der Waals surface area contributed by atoms with E-state index in [-0.39, 0.29) is 12.5 Å². The summed E-state index contributed by atoms with van der Waals surface area (Å²) in [5, 5.41) is 11.9. The standard InChI is InChI=1S/C23H26Cl2N2O2S/c1-16(2)22-23(30-20-13-18(24)12-19(25)14-20)27(9-10-28)21(26-22)8-11-29-15-17-6-4-3-5-7-17/h3-7,12-14,16,28H,8-11,15H2,1-2H3. The van der Waals surface area contributed by atoms with Gasteiger partial charge in [-0.1, -0.05) is 79.1 Å². The van der Waals surface area contributed by atoms with Crippen molar-refractivity contribution >= 4 is 35.0 Å². The zero-order valence-corrected chi connectivity index (χ0v) is 19.5. The largest absolute Gasteiger partial charge is 0.395 e. The molecule has 160 valence electrons. The average molecular weight is 465 g/mol. The highest BCUT2D eigenvalue weighted by Gasteiger charge is 2.20. The Balaban J connectivity index is 1.79. The van der Waals surface area contributed by atoms with Crippen LogP contribution in [0.4, 0.5) is 0 Å². The van der Waals surface area contributed by atoms with Crippen molar-refractivity contribution in [1.82, 2.24) is 9.55 Å². The van der Waals surface area contributed by atoms with Gasteiger partial charge >= 0.3 is 0 Å². The molecule has 0 atom stereocenters. The normalized spacial score (nSPS) is 11.4. The van der Waals surface area contributed by atoms with E-state index in [1.165, 1.54) is 0 Å². The maximum Gasteiger partial charge on any atom is 0.112 e. The van der Waals surface area contributed by atoms with Crippen LogP contribution < -0.4 is 0 Å². The lowest BCUT2D eigenvalue weighted by Crippen LogP contribution is -2.11. The molecule has 1 heterocycles. The van der Waals surface area contributed by atoms with Crippen molar-refractivity contribution in [3.63, 3.8) is 0 Å². The molecule has 0 spiro atoms. The number of imidazole rings is 1. The number of rotatable bonds is 10. The third-order valence-electron chi connectivity index (χ3n) is 4.53. The molecule has 0 saturated heterocycles. The summed E-state index contributed by atoms with van der Waals surface area (Å²) in [5.41, 5.74) is 2.15. The van der Waals surface area contributed by atoms with E-state index in [0.29, 0.717) is 36.2 Å². The first kappa shape index (κ1) is 23.2. The minimum atomic E-state index is 0.0373. The average Bonchev–Trinajstić information content (AvgIpc) is 3.03. The summed E-state index contributed by atoms with van der Waals surface area (Å²) in [6.07, 6.45) is 0.670. The third-order valence-corrected chi connectivity index (χ3v) is 6.06. The third kappa shape index (κ3) is 6.25. The summed E-state index contributed by atoms with van der Waals surface area (Å²) < 4.78 is 7.94. The molecule has 0 amide bonds. The first-order chi connectivity index (χ1) is 14.5. The van der Waals surface area contributed by atoms with Gasteiger partial charge in [0.15, 0.2) is 0 Å². The maximum absolute atomic E-state index is 9.66. The molecule has 0 aliphatic rings. The van der Waals surface area contributed by atoms with E-state index in [4.69, 9.17) is 32.9 Å². The van der Waals surface area contributed by atoms with Crippen LogP contribution in [-0.4, -0.2) is 27.9 Å². The summed E-state index contributed by atoms with van der Waals surface area (Å²) in [6, 6.07) is 15.6. The predicted octanol–water partition coefficient (Wildman–Crippen LogP) is 6.22. The lowest BCUT2D eigenvalue weighted by molar-refractivity contribution is 0.121. The second kappa shape index (κ2) is 11.2. The van der Waals surface area contributed by atoms with E-state index in [0.717, 1.165) is 27.0 Å². The second-order valence-electron chi connectivity index (χ2n) is 7.24. The Hall–Kier alpha value is -1.50. The minimum Gasteiger partial charge on any atom is -0.395 e. The number of nitrogens with zero attached hydrogens (tertiary/aromatic N) is 2. The van der Waals surface area contributed by atoms with E-state index in [2.05, 4.69) is 30.5 Å². The van der Waals surface area contributed by atoms with Crippen LogP contribution in [0.3, 0.4) is 0 Å². The second-order valence-corrected chi connectivity index (χ2v) is 9.18. The highest BCUT2D eigenvalue weighted by molar-refractivity contribution is 7.99. The van der Waals surface area contributed by atoms with Gasteiger partial charge in [-0.3, -0.25) is 0 Å². The molecule has 0 saturated carbocycles. The summed E-state index contributed by atoms with van der Waals surface area (Å²) in [4.78, 5) is 5.84. The van der Waals surface area contributed by atoms with Crippen LogP contribution in [0.2, 0.25) is 10.0 Å². The van der Waals surface area contributed by atoms with E-state index in [1.807, 2.05) is 30.3 Å². The van der Waals surface area contributed by atoms with E-state index >= 15 is 0 Å². The van der Waals surface area contributed by atoms with E-state index < -0.39 is 0 Å². The zero-order chi connectivity index (χ0) is 21.5. The van der Waals surface area contributed by atoms with Gasteiger partial charge in [0.05, 0.1) is 25.5 Å². The Bertz CT molecular complexity index is 941. The molecule has 0 bridgehead atoms. The fraction of sp³-hybridized carbons (Fsp3) is 0.348. The molecule has 7 heteroatoms. The monoisotopic (exact) mass is 464 g/mol. The van der Waals surface area contributed by atoms with E-state index in [1.54, 1.807) is 17.8 Å².